The molecule has 0 aliphatic carbocycles. The molecule has 2 aromatic carbocycles. The van der Waals surface area contributed by atoms with Gasteiger partial charge in [-0.3, -0.25) is 0 Å². The van der Waals surface area contributed by atoms with Crippen molar-refractivity contribution in [1.82, 2.24) is 4.90 Å². The molecule has 176 valence electrons. The van der Waals surface area contributed by atoms with Gasteiger partial charge in [0, 0.05) is 19.0 Å². The van der Waals surface area contributed by atoms with E-state index in [2.05, 4.69) is 75.2 Å². The Labute approximate surface area is 200 Å². The quantitative estimate of drug-likeness (QED) is 0.482. The van der Waals surface area contributed by atoms with Crippen molar-refractivity contribution in [2.24, 2.45) is 5.92 Å². The summed E-state index contributed by atoms with van der Waals surface area (Å²) in [7, 11) is -2.74. The minimum Gasteiger partial charge on any atom is -0.444 e. The van der Waals surface area contributed by atoms with Gasteiger partial charge in [-0.2, -0.15) is 0 Å². The van der Waals surface area contributed by atoms with E-state index in [0.717, 1.165) is 6.42 Å². The highest BCUT2D eigenvalue weighted by atomic mass is 28.4. The summed E-state index contributed by atoms with van der Waals surface area (Å²) in [5, 5.41) is 2.29. The molecule has 0 aromatic heterocycles. The molecule has 5 heteroatoms. The first-order chi connectivity index (χ1) is 15.5. The van der Waals surface area contributed by atoms with Gasteiger partial charge < -0.3 is 14.1 Å². The van der Waals surface area contributed by atoms with Gasteiger partial charge in [0.25, 0.3) is 8.32 Å². The molecule has 2 atom stereocenters. The molecule has 0 N–H and O–H groups in total. The summed E-state index contributed by atoms with van der Waals surface area (Å²) >= 11 is 0. The highest BCUT2D eigenvalue weighted by molar-refractivity contribution is 6.99. The number of carbonyl (C=O) groups is 1. The number of carbonyl (C=O) groups excluding carboxylic acids is 1. The first-order valence-corrected chi connectivity index (χ1v) is 13.6. The highest BCUT2D eigenvalue weighted by Gasteiger charge is 2.52. The molecule has 1 aliphatic rings. The second kappa shape index (κ2) is 9.75. The van der Waals surface area contributed by atoms with Crippen molar-refractivity contribution in [3.8, 4) is 12.3 Å². The number of terminal acetylenes is 1. The number of amides is 1. The van der Waals surface area contributed by atoms with Crippen molar-refractivity contribution in [3.63, 3.8) is 0 Å². The maximum absolute atomic E-state index is 12.9. The van der Waals surface area contributed by atoms with Crippen molar-refractivity contribution >= 4 is 24.8 Å². The van der Waals surface area contributed by atoms with Crippen LogP contribution in [0.5, 0.6) is 0 Å². The Kier molecular flexibility index (Phi) is 7.41. The SMILES string of the molecule is C#CC1CC(O[Si](c2ccccc2)(c2ccccc2)C(C)(C)C)CN(C(=O)OC(C)(C)C)C1. The number of rotatable bonds is 4. The number of nitrogens with zero attached hydrogens (tertiary/aromatic N) is 1. The molecule has 3 rings (SSSR count). The van der Waals surface area contributed by atoms with Gasteiger partial charge in [-0.1, -0.05) is 81.4 Å². The van der Waals surface area contributed by atoms with E-state index in [1.165, 1.54) is 10.4 Å². The van der Waals surface area contributed by atoms with Crippen molar-refractivity contribution < 1.29 is 14.0 Å². The highest BCUT2D eigenvalue weighted by Crippen LogP contribution is 2.38. The van der Waals surface area contributed by atoms with E-state index >= 15 is 0 Å². The lowest BCUT2D eigenvalue weighted by Crippen LogP contribution is -2.69. The average Bonchev–Trinajstić information content (AvgIpc) is 2.76. The summed E-state index contributed by atoms with van der Waals surface area (Å²) < 4.78 is 12.9. The fourth-order valence-corrected chi connectivity index (χ4v) is 9.36. The minimum atomic E-state index is -2.74. The zero-order valence-corrected chi connectivity index (χ0v) is 21.8. The van der Waals surface area contributed by atoms with Crippen LogP contribution < -0.4 is 10.4 Å². The van der Waals surface area contributed by atoms with Crippen LogP contribution in [0, 0.1) is 18.3 Å². The van der Waals surface area contributed by atoms with Crippen LogP contribution in [0.2, 0.25) is 5.04 Å². The molecule has 33 heavy (non-hydrogen) atoms. The zero-order valence-electron chi connectivity index (χ0n) is 20.8. The summed E-state index contributed by atoms with van der Waals surface area (Å²) in [6, 6.07) is 21.1. The monoisotopic (exact) mass is 463 g/mol. The predicted molar refractivity (Wildman–Crippen MR) is 137 cm³/mol. The van der Waals surface area contributed by atoms with Crippen LogP contribution in [0.4, 0.5) is 4.79 Å². The minimum absolute atomic E-state index is 0.0746. The average molecular weight is 464 g/mol. The summed E-state index contributed by atoms with van der Waals surface area (Å²) in [6.07, 6.45) is 6.06. The van der Waals surface area contributed by atoms with E-state index in [1.54, 1.807) is 4.90 Å². The first-order valence-electron chi connectivity index (χ1n) is 11.7. The lowest BCUT2D eigenvalue weighted by molar-refractivity contribution is 0.00109. The number of piperidine rings is 1. The van der Waals surface area contributed by atoms with Gasteiger partial charge in [-0.15, -0.1) is 12.3 Å². The number of ether oxygens (including phenoxy) is 1. The molecular formula is C28H37NO3Si. The molecule has 4 nitrogen and oxygen atoms in total. The molecule has 1 amide bonds. The fraction of sp³-hybridized carbons (Fsp3) is 0.464. The smallest absolute Gasteiger partial charge is 0.410 e. The lowest BCUT2D eigenvalue weighted by Gasteiger charge is -2.47. The Balaban J connectivity index is 2.03. The third-order valence-corrected chi connectivity index (χ3v) is 11.2. The standard InChI is InChI=1S/C28H37NO3Si/c1-8-22-19-23(21-29(20-22)26(30)31-27(2,3)4)32-33(28(5,6)7,24-15-11-9-12-16-24)25-17-13-10-14-18-25/h1,9-18,22-23H,19-21H2,2-7H3. The third kappa shape index (κ3) is 5.69. The zero-order chi connectivity index (χ0) is 24.3. The Hall–Kier alpha value is -2.55. The van der Waals surface area contributed by atoms with Crippen LogP contribution in [-0.2, 0) is 9.16 Å². The van der Waals surface area contributed by atoms with Crippen LogP contribution in [0.25, 0.3) is 0 Å². The van der Waals surface area contributed by atoms with Crippen LogP contribution in [-0.4, -0.2) is 44.1 Å². The van der Waals surface area contributed by atoms with Gasteiger partial charge in [-0.25, -0.2) is 4.79 Å². The van der Waals surface area contributed by atoms with Gasteiger partial charge in [0.15, 0.2) is 0 Å². The van der Waals surface area contributed by atoms with Crippen LogP contribution in [0.3, 0.4) is 0 Å². The molecule has 0 radical (unpaired) electrons. The molecular weight excluding hydrogens is 426 g/mol. The molecule has 0 spiro atoms. The van der Waals surface area contributed by atoms with Gasteiger partial charge >= 0.3 is 6.09 Å². The Bertz CT molecular complexity index is 931. The molecule has 2 unspecified atom stereocenters. The second-order valence-corrected chi connectivity index (χ2v) is 15.1. The van der Waals surface area contributed by atoms with E-state index in [9.17, 15) is 4.79 Å². The predicted octanol–water partition coefficient (Wildman–Crippen LogP) is 4.82. The molecule has 1 aliphatic heterocycles. The summed E-state index contributed by atoms with van der Waals surface area (Å²) in [4.78, 5) is 14.6. The van der Waals surface area contributed by atoms with Crippen molar-refractivity contribution in [3.05, 3.63) is 60.7 Å². The van der Waals surface area contributed by atoms with E-state index in [1.807, 2.05) is 32.9 Å². The van der Waals surface area contributed by atoms with Gasteiger partial charge in [0.1, 0.15) is 5.60 Å². The lowest BCUT2D eigenvalue weighted by atomic mass is 9.97. The normalized spacial score (nSPS) is 19.6. The summed E-state index contributed by atoms with van der Waals surface area (Å²) in [5.41, 5.74) is -0.561. The second-order valence-electron chi connectivity index (χ2n) is 10.9. The van der Waals surface area contributed by atoms with E-state index in [-0.39, 0.29) is 23.2 Å². The Morgan fingerprint density at radius 1 is 0.939 bits per heavy atom. The van der Waals surface area contributed by atoms with E-state index < -0.39 is 13.9 Å². The molecule has 0 bridgehead atoms. The van der Waals surface area contributed by atoms with Crippen molar-refractivity contribution in [2.75, 3.05) is 13.1 Å². The van der Waals surface area contributed by atoms with Gasteiger partial charge in [0.2, 0.25) is 0 Å². The Morgan fingerprint density at radius 3 is 1.88 bits per heavy atom. The van der Waals surface area contributed by atoms with Gasteiger partial charge in [0.05, 0.1) is 6.10 Å². The Morgan fingerprint density at radius 2 is 1.45 bits per heavy atom. The van der Waals surface area contributed by atoms with Crippen molar-refractivity contribution in [1.29, 1.82) is 0 Å². The van der Waals surface area contributed by atoms with Crippen LogP contribution >= 0.6 is 0 Å². The molecule has 0 saturated carbocycles. The van der Waals surface area contributed by atoms with Crippen molar-refractivity contribution in [2.45, 2.75) is 64.7 Å². The maximum atomic E-state index is 12.9. The van der Waals surface area contributed by atoms with Crippen LogP contribution in [0.15, 0.2) is 60.7 Å². The molecule has 2 aromatic rings. The molecule has 1 heterocycles. The molecule has 1 fully saturated rings. The number of hydrogen-bond donors (Lipinski definition) is 0. The molecule has 1 saturated heterocycles. The van der Waals surface area contributed by atoms with E-state index in [4.69, 9.17) is 15.6 Å². The number of hydrogen-bond acceptors (Lipinski definition) is 3. The largest absolute Gasteiger partial charge is 0.444 e. The van der Waals surface area contributed by atoms with Gasteiger partial charge in [-0.05, 0) is 42.6 Å². The topological polar surface area (TPSA) is 38.8 Å². The third-order valence-electron chi connectivity index (χ3n) is 6.06. The maximum Gasteiger partial charge on any atom is 0.410 e. The van der Waals surface area contributed by atoms with E-state index in [0.29, 0.717) is 13.1 Å². The number of likely N-dealkylation sites (tertiary alicyclic amines) is 1. The summed E-state index contributed by atoms with van der Waals surface area (Å²) in [5.74, 6) is 2.80. The number of benzene rings is 2. The summed E-state index contributed by atoms with van der Waals surface area (Å²) in [6.45, 7) is 13.4. The first kappa shape index (κ1) is 25.1. The van der Waals surface area contributed by atoms with Crippen LogP contribution in [0.1, 0.15) is 48.0 Å². The fourth-order valence-electron chi connectivity index (χ4n) is 4.68.